The Morgan fingerprint density at radius 2 is 2.25 bits per heavy atom. The third-order valence-corrected chi connectivity index (χ3v) is 0. The smallest absolute Gasteiger partial charge is 0.339 e. The molecule has 0 aromatic carbocycles. The molecule has 26 valence electrons. The van der Waals surface area contributed by atoms with Gasteiger partial charge in [-0.15, -0.1) is 0 Å². The molecular formula is CH2F2O. The average molecular weight is 69.0 g/mol. The number of aliphatic hydroxyl groups is 1. The largest absolute Gasteiger partial charge is 0.342 e. The van der Waals surface area contributed by atoms with Crippen LogP contribution in [0.3, 0.4) is 0 Å². The monoisotopic (exact) mass is 69.0 g/mol. The molecule has 4 heavy (non-hydrogen) atoms. The van der Waals surface area contributed by atoms with Crippen LogP contribution in [0.2, 0.25) is 0 Å². The predicted molar refractivity (Wildman–Crippen MR) is 8.22 cm³/mol. The number of hydrogen-bond donors (Lipinski definition) is 1. The van der Waals surface area contributed by atoms with Gasteiger partial charge < -0.3 is 5.11 Å². The Bertz CT molecular complexity index is 23.6. The van der Waals surface area contributed by atoms with Crippen molar-refractivity contribution in [3.63, 3.8) is 0 Å². The molecule has 0 amide bonds. The molecule has 0 aliphatic carbocycles. The van der Waals surface area contributed by atoms with Crippen molar-refractivity contribution < 1.29 is 13.9 Å². The van der Waals surface area contributed by atoms with Crippen molar-refractivity contribution in [3.05, 3.63) is 0 Å². The van der Waals surface area contributed by atoms with Crippen LogP contribution in [0.4, 0.5) is 8.78 Å². The molecule has 0 unspecified atom stereocenters. The Morgan fingerprint density at radius 3 is 2.25 bits per heavy atom. The Hall–Kier alpha value is -0.180. The van der Waals surface area contributed by atoms with Crippen LogP contribution in [0.5, 0.6) is 0 Å². The maximum absolute atomic E-state index is 10.4. The topological polar surface area (TPSA) is 20.2 Å². The van der Waals surface area contributed by atoms with Gasteiger partial charge in [0.1, 0.15) is 0 Å². The summed E-state index contributed by atoms with van der Waals surface area (Å²) in [5, 5.41) is 2.67. The molecule has 0 saturated heterocycles. The van der Waals surface area contributed by atoms with E-state index in [0.717, 1.165) is 0 Å². The summed E-state index contributed by atoms with van der Waals surface area (Å²) in [5.74, 6) is 0. The number of alkyl halides is 2. The second kappa shape index (κ2) is 1.17. The van der Waals surface area contributed by atoms with Gasteiger partial charge in [-0.25, -0.2) is 0 Å². The summed E-state index contributed by atoms with van der Waals surface area (Å²) in [4.78, 5) is 0. The zero-order chi connectivity index (χ0) is 4.28. The Morgan fingerprint density at radius 1 is 2.00 bits per heavy atom. The second-order valence-electron chi connectivity index (χ2n) is 0.261. The van der Waals surface area contributed by atoms with Crippen LogP contribution in [0, 0.1) is 0 Å². The van der Waals surface area contributed by atoms with Gasteiger partial charge in [-0.3, -0.25) is 0 Å². The van der Waals surface area contributed by atoms with E-state index in [1.165, 1.54) is 0 Å². The first kappa shape index (κ1) is 2.08. The van der Waals surface area contributed by atoms with Crippen LogP contribution in [-0.2, 0) is 0 Å². The standard InChI is InChI=1S/CH2F2O/c2-1(3)4/h1,4H/i4D. The molecule has 0 aliphatic heterocycles. The molecule has 3 heteroatoms. The maximum Gasteiger partial charge on any atom is 0.342 e. The minimum absolute atomic E-state index is 2.67. The maximum atomic E-state index is 10.4. The molecule has 0 rings (SSSR count). The first-order valence-corrected chi connectivity index (χ1v) is 0.672. The highest BCUT2D eigenvalue weighted by Gasteiger charge is 1.81. The summed E-state index contributed by atoms with van der Waals surface area (Å²) in [7, 11) is 0. The van der Waals surface area contributed by atoms with E-state index in [1.807, 2.05) is 0 Å². The molecule has 0 atom stereocenters. The molecule has 1 nitrogen and oxygen atoms in total. The summed E-state index contributed by atoms with van der Waals surface area (Å²) >= 11 is 0. The van der Waals surface area contributed by atoms with E-state index in [0.29, 0.717) is 0 Å². The van der Waals surface area contributed by atoms with Gasteiger partial charge in [0.15, 0.2) is 0 Å². The van der Waals surface area contributed by atoms with Crippen LogP contribution in [0.15, 0.2) is 0 Å². The molecule has 0 heterocycles. The van der Waals surface area contributed by atoms with Gasteiger partial charge in [0.25, 0.3) is 0 Å². The van der Waals surface area contributed by atoms with Crippen molar-refractivity contribution in [1.29, 1.82) is 1.43 Å². The van der Waals surface area contributed by atoms with Crippen LogP contribution < -0.4 is 0 Å². The summed E-state index contributed by atoms with van der Waals surface area (Å²) in [5.41, 5.74) is 0. The lowest BCUT2D eigenvalue weighted by molar-refractivity contribution is -0.0728. The normalized spacial score (nSPS) is 12.2. The fourth-order valence-electron chi connectivity index (χ4n) is 0. The molecule has 1 N–H and O–H groups in total. The lowest BCUT2D eigenvalue weighted by atomic mass is 11.5. The minimum Gasteiger partial charge on any atom is -0.339 e. The van der Waals surface area contributed by atoms with Crippen LogP contribution in [0.25, 0.3) is 0 Å². The zero-order valence-corrected chi connectivity index (χ0v) is 1.74. The van der Waals surface area contributed by atoms with Gasteiger partial charge >= 0.3 is 6.61 Å². The van der Waals surface area contributed by atoms with Gasteiger partial charge in [0, 0.05) is 0 Å². The number of halogens is 2. The average Bonchev–Trinajstić information content (AvgIpc) is 1.38. The van der Waals surface area contributed by atoms with Crippen LogP contribution in [-0.4, -0.2) is 13.2 Å². The quantitative estimate of drug-likeness (QED) is 0.466. The highest BCUT2D eigenvalue weighted by Crippen LogP contribution is 1.77. The fourth-order valence-corrected chi connectivity index (χ4v) is 0. The molecule has 0 radical (unpaired) electrons. The van der Waals surface area contributed by atoms with Gasteiger partial charge in [0.05, 0.1) is 0 Å². The predicted octanol–water partition coefficient (Wildman–Crippen LogP) is 0.201. The minimum atomic E-state index is -2.95. The van der Waals surface area contributed by atoms with Crippen LogP contribution in [0.1, 0.15) is 0 Å². The third kappa shape index (κ3) is 37.8. The molecule has 0 saturated carbocycles. The van der Waals surface area contributed by atoms with E-state index in [9.17, 15) is 8.78 Å². The molecule has 0 aromatic heterocycles. The van der Waals surface area contributed by atoms with Gasteiger partial charge in [0.2, 0.25) is 1.43 Å². The highest BCUT2D eigenvalue weighted by molar-refractivity contribution is 3.81. The van der Waals surface area contributed by atoms with Crippen molar-refractivity contribution in [3.8, 4) is 0 Å². The van der Waals surface area contributed by atoms with E-state index in [4.69, 9.17) is 1.43 Å². The number of aliphatic hydroxyl groups excluding tert-OH is 1. The van der Waals surface area contributed by atoms with Crippen molar-refractivity contribution in [2.24, 2.45) is 0 Å². The Kier molecular flexibility index (Phi) is 0.611. The molecule has 0 aromatic rings. The number of rotatable bonds is 1. The van der Waals surface area contributed by atoms with E-state index < -0.39 is 6.61 Å². The molecule has 0 spiro atoms. The molecule has 0 bridgehead atoms. The summed E-state index contributed by atoms with van der Waals surface area (Å²) in [6.45, 7) is -2.95. The Balaban J connectivity index is 2.54. The lowest BCUT2D eigenvalue weighted by Gasteiger charge is -1.70. The first-order valence-electron chi connectivity index (χ1n) is 1.08. The Labute approximate surface area is 23.4 Å². The molecule has 0 fully saturated rings. The van der Waals surface area contributed by atoms with Crippen molar-refractivity contribution in [2.45, 2.75) is 6.61 Å². The van der Waals surface area contributed by atoms with Gasteiger partial charge in [-0.1, -0.05) is 0 Å². The van der Waals surface area contributed by atoms with E-state index in [-0.39, 0.29) is 0 Å². The van der Waals surface area contributed by atoms with Gasteiger partial charge in [-0.2, -0.15) is 8.78 Å². The van der Waals surface area contributed by atoms with E-state index in [2.05, 4.69) is 5.11 Å². The van der Waals surface area contributed by atoms with Crippen LogP contribution >= 0.6 is 0 Å². The first-order chi connectivity index (χ1) is 2.27. The highest BCUT2D eigenvalue weighted by atomic mass is 19.3. The fraction of sp³-hybridized carbons (Fsp3) is 1.00. The van der Waals surface area contributed by atoms with Crippen molar-refractivity contribution >= 4 is 0 Å². The SMILES string of the molecule is [2H]OC(F)F. The van der Waals surface area contributed by atoms with E-state index in [1.54, 1.807) is 0 Å². The molecule has 0 aliphatic rings. The zero-order valence-electron chi connectivity index (χ0n) is 2.74. The van der Waals surface area contributed by atoms with Crippen molar-refractivity contribution in [1.82, 2.24) is 0 Å². The summed E-state index contributed by atoms with van der Waals surface area (Å²) in [6, 6.07) is 0. The third-order valence-electron chi connectivity index (χ3n) is 0. The number of hydrogen-bond acceptors (Lipinski definition) is 1. The summed E-state index contributed by atoms with van der Waals surface area (Å²) in [6.07, 6.45) is 0. The second-order valence-corrected chi connectivity index (χ2v) is 0.261. The lowest BCUT2D eigenvalue weighted by Crippen LogP contribution is -1.78. The summed E-state index contributed by atoms with van der Waals surface area (Å²) < 4.78 is 26.1. The van der Waals surface area contributed by atoms with E-state index >= 15 is 0 Å². The van der Waals surface area contributed by atoms with Crippen molar-refractivity contribution in [2.75, 3.05) is 0 Å². The van der Waals surface area contributed by atoms with Gasteiger partial charge in [-0.05, 0) is 0 Å². The molecular weight excluding hydrogens is 66.0 g/mol.